The van der Waals surface area contributed by atoms with Gasteiger partial charge >= 0.3 is 5.97 Å². The maximum absolute atomic E-state index is 13.6. The van der Waals surface area contributed by atoms with Crippen molar-refractivity contribution in [2.75, 3.05) is 23.9 Å². The fraction of sp³-hybridized carbons (Fsp3) is 0.211. The lowest BCUT2D eigenvalue weighted by Gasteiger charge is -2.25. The van der Waals surface area contributed by atoms with Crippen molar-refractivity contribution in [3.63, 3.8) is 0 Å². The monoisotopic (exact) mass is 518 g/mol. The Hall–Kier alpha value is -1.90. The van der Waals surface area contributed by atoms with E-state index in [1.165, 1.54) is 7.11 Å². The van der Waals surface area contributed by atoms with Crippen LogP contribution >= 0.6 is 55.1 Å². The summed E-state index contributed by atoms with van der Waals surface area (Å²) in [7, 11) is -2.26. The Morgan fingerprint density at radius 3 is 1.84 bits per heavy atom. The third-order valence-electron chi connectivity index (χ3n) is 3.86. The molecule has 166 valence electrons. The molecule has 0 aliphatic carbocycles. The molecule has 0 radical (unpaired) electrons. The predicted molar refractivity (Wildman–Crippen MR) is 135 cm³/mol. The minimum absolute atomic E-state index is 0.0701. The highest BCUT2D eigenvalue weighted by Crippen LogP contribution is 2.39. The summed E-state index contributed by atoms with van der Waals surface area (Å²) in [5.41, 5.74) is 1.22. The number of halogens is 2. The number of ether oxygens (including phenoxy) is 1. The van der Waals surface area contributed by atoms with Gasteiger partial charge in [0.15, 0.2) is 10.2 Å². The summed E-state index contributed by atoms with van der Waals surface area (Å²) in [5, 5.41) is 12.5. The third-order valence-corrected chi connectivity index (χ3v) is 7.28. The van der Waals surface area contributed by atoms with Gasteiger partial charge in [-0.25, -0.2) is 0 Å². The molecule has 31 heavy (non-hydrogen) atoms. The molecular formula is C19H21Cl2N4O3PS2. The van der Waals surface area contributed by atoms with E-state index in [9.17, 15) is 9.36 Å². The minimum atomic E-state index is -3.53. The van der Waals surface area contributed by atoms with Gasteiger partial charge in [0.25, 0.3) is 7.44 Å². The van der Waals surface area contributed by atoms with E-state index < -0.39 is 19.3 Å². The molecule has 0 spiro atoms. The topological polar surface area (TPSA) is 91.5 Å². The normalized spacial score (nSPS) is 11.7. The first kappa shape index (κ1) is 25.4. The number of thiocarbonyl (C=S) groups is 2. The second-order valence-electron chi connectivity index (χ2n) is 6.50. The second kappa shape index (κ2) is 11.6. The van der Waals surface area contributed by atoms with Gasteiger partial charge in [0.05, 0.1) is 19.2 Å². The van der Waals surface area contributed by atoms with E-state index in [1.807, 2.05) is 0 Å². The van der Waals surface area contributed by atoms with Crippen LogP contribution < -0.4 is 20.8 Å². The molecule has 0 aromatic heterocycles. The van der Waals surface area contributed by atoms with Crippen molar-refractivity contribution in [2.45, 2.75) is 6.92 Å². The SMILES string of the molecule is COC(=O)[C@H](C)CP(=O)(NC(=S)Nc1cccc(Cl)c1)NC(=S)Nc1cccc(Cl)c1. The summed E-state index contributed by atoms with van der Waals surface area (Å²) >= 11 is 22.6. The maximum atomic E-state index is 13.6. The van der Waals surface area contributed by atoms with E-state index in [-0.39, 0.29) is 16.4 Å². The Balaban J connectivity index is 2.15. The molecule has 0 bridgehead atoms. The van der Waals surface area contributed by atoms with Crippen LogP contribution in [0.3, 0.4) is 0 Å². The van der Waals surface area contributed by atoms with Gasteiger partial charge in [0.2, 0.25) is 0 Å². The molecule has 0 aliphatic heterocycles. The summed E-state index contributed by atoms with van der Waals surface area (Å²) < 4.78 is 18.4. The van der Waals surface area contributed by atoms with Crippen molar-refractivity contribution in [3.8, 4) is 0 Å². The molecule has 4 N–H and O–H groups in total. The van der Waals surface area contributed by atoms with E-state index in [0.29, 0.717) is 21.4 Å². The average molecular weight is 519 g/mol. The molecule has 2 aromatic carbocycles. The number of hydrogen-bond acceptors (Lipinski definition) is 5. The lowest BCUT2D eigenvalue weighted by molar-refractivity contribution is -0.144. The molecule has 0 saturated carbocycles. The van der Waals surface area contributed by atoms with Crippen LogP contribution in [0.1, 0.15) is 6.92 Å². The smallest absolute Gasteiger partial charge is 0.308 e. The zero-order chi connectivity index (χ0) is 23.0. The molecule has 7 nitrogen and oxygen atoms in total. The van der Waals surface area contributed by atoms with Crippen LogP contribution in [0.25, 0.3) is 0 Å². The molecule has 0 heterocycles. The number of hydrogen-bond donors (Lipinski definition) is 4. The van der Waals surface area contributed by atoms with Gasteiger partial charge in [-0.15, -0.1) is 0 Å². The van der Waals surface area contributed by atoms with E-state index in [4.69, 9.17) is 52.4 Å². The number of esters is 1. The first-order chi connectivity index (χ1) is 14.6. The van der Waals surface area contributed by atoms with E-state index in [2.05, 4.69) is 20.8 Å². The average Bonchev–Trinajstić information content (AvgIpc) is 2.66. The zero-order valence-electron chi connectivity index (χ0n) is 16.6. The zero-order valence-corrected chi connectivity index (χ0v) is 20.7. The van der Waals surface area contributed by atoms with Crippen LogP contribution in [-0.2, 0) is 14.1 Å². The van der Waals surface area contributed by atoms with Gasteiger partial charge in [0, 0.05) is 21.4 Å². The predicted octanol–water partition coefficient (Wildman–Crippen LogP) is 5.27. The van der Waals surface area contributed by atoms with Crippen LogP contribution in [0, 0.1) is 5.92 Å². The second-order valence-corrected chi connectivity index (χ2v) is 10.5. The van der Waals surface area contributed by atoms with Crippen molar-refractivity contribution >= 4 is 82.6 Å². The molecular weight excluding hydrogens is 498 g/mol. The van der Waals surface area contributed by atoms with Crippen LogP contribution in [0.15, 0.2) is 48.5 Å². The van der Waals surface area contributed by atoms with Gasteiger partial charge < -0.3 is 15.4 Å². The Morgan fingerprint density at radius 2 is 1.45 bits per heavy atom. The van der Waals surface area contributed by atoms with Crippen molar-refractivity contribution in [3.05, 3.63) is 58.6 Å². The fourth-order valence-electron chi connectivity index (χ4n) is 2.56. The molecule has 12 heteroatoms. The van der Waals surface area contributed by atoms with E-state index in [1.54, 1.807) is 55.5 Å². The lowest BCUT2D eigenvalue weighted by atomic mass is 10.2. The molecule has 0 fully saturated rings. The highest BCUT2D eigenvalue weighted by atomic mass is 35.5. The van der Waals surface area contributed by atoms with Crippen molar-refractivity contribution in [2.24, 2.45) is 5.92 Å². The number of methoxy groups -OCH3 is 1. The van der Waals surface area contributed by atoms with Gasteiger partial charge in [-0.3, -0.25) is 19.5 Å². The van der Waals surface area contributed by atoms with E-state index >= 15 is 0 Å². The van der Waals surface area contributed by atoms with Gasteiger partial charge in [-0.1, -0.05) is 42.3 Å². The molecule has 0 aliphatic rings. The number of carbonyl (C=O) groups excluding carboxylic acids is 1. The maximum Gasteiger partial charge on any atom is 0.308 e. The summed E-state index contributed by atoms with van der Waals surface area (Å²) in [6.07, 6.45) is -0.103. The van der Waals surface area contributed by atoms with E-state index in [0.717, 1.165) is 0 Å². The first-order valence-electron chi connectivity index (χ1n) is 8.97. The van der Waals surface area contributed by atoms with Gasteiger partial charge in [0.1, 0.15) is 0 Å². The summed E-state index contributed by atoms with van der Waals surface area (Å²) in [4.78, 5) is 11.9. The Morgan fingerprint density at radius 1 is 1.00 bits per heavy atom. The molecule has 0 amide bonds. The summed E-state index contributed by atoms with van der Waals surface area (Å²) in [6.45, 7) is 1.60. The van der Waals surface area contributed by atoms with Crippen LogP contribution in [-0.4, -0.2) is 29.5 Å². The first-order valence-corrected chi connectivity index (χ1v) is 12.4. The fourth-order valence-corrected chi connectivity index (χ4v) is 5.99. The molecule has 2 rings (SSSR count). The lowest BCUT2D eigenvalue weighted by Crippen LogP contribution is -2.38. The third kappa shape index (κ3) is 8.63. The summed E-state index contributed by atoms with van der Waals surface area (Å²) in [6, 6.07) is 13.7. The number of rotatable bonds is 7. The Labute approximate surface area is 201 Å². The highest BCUT2D eigenvalue weighted by Gasteiger charge is 2.30. The number of carbonyl (C=O) groups is 1. The van der Waals surface area contributed by atoms with Gasteiger partial charge in [-0.05, 0) is 60.8 Å². The Bertz CT molecular complexity index is 960. The van der Waals surface area contributed by atoms with Crippen molar-refractivity contribution in [1.29, 1.82) is 0 Å². The summed E-state index contributed by atoms with van der Waals surface area (Å²) in [5.74, 6) is -1.19. The molecule has 0 saturated heterocycles. The van der Waals surface area contributed by atoms with Crippen LogP contribution in [0.5, 0.6) is 0 Å². The number of nitrogens with one attached hydrogen (secondary N) is 4. The van der Waals surface area contributed by atoms with Gasteiger partial charge in [-0.2, -0.15) is 0 Å². The van der Waals surface area contributed by atoms with Crippen molar-refractivity contribution in [1.82, 2.24) is 10.2 Å². The quantitative estimate of drug-likeness (QED) is 0.222. The highest BCUT2D eigenvalue weighted by molar-refractivity contribution is 7.82. The minimum Gasteiger partial charge on any atom is -0.469 e. The Kier molecular flexibility index (Phi) is 9.53. The molecule has 0 unspecified atom stereocenters. The van der Waals surface area contributed by atoms with Crippen molar-refractivity contribution < 1.29 is 14.1 Å². The standard InChI is InChI=1S/C19H21Cl2N4O3PS2/c1-12(17(26)28-2)11-29(27,24-18(30)22-15-7-3-5-13(20)9-15)25-19(31)23-16-8-4-6-14(21)10-16/h3-10,12H,11H2,1-2H3,(H4,22,23,24,25,27,30,31)/t12-/m1/s1. The van der Waals surface area contributed by atoms with Crippen LogP contribution in [0.2, 0.25) is 10.0 Å². The number of anilines is 2. The molecule has 2 aromatic rings. The molecule has 1 atom stereocenters. The van der Waals surface area contributed by atoms with Crippen LogP contribution in [0.4, 0.5) is 11.4 Å². The number of benzene rings is 2. The largest absolute Gasteiger partial charge is 0.469 e.